The molecule has 2 aromatic rings. The standard InChI is InChI=1S/C22H18ClNO6/c23-15-6-4-13(5-7-15)19-12-29-20-11-17(8-9-18(20)21(19)25)30-22(26)14-2-1-3-16(10-14)24(27)28/h1-7,10,12,17-18,20H,8-9,11H2. The molecule has 3 unspecified atom stereocenters. The molecule has 7 nitrogen and oxygen atoms in total. The number of non-ortho nitro benzene ring substituents is 1. The van der Waals surface area contributed by atoms with Gasteiger partial charge in [-0.25, -0.2) is 4.79 Å². The molecule has 2 aliphatic rings. The third-order valence-electron chi connectivity index (χ3n) is 5.43. The van der Waals surface area contributed by atoms with Crippen LogP contribution in [0.5, 0.6) is 0 Å². The van der Waals surface area contributed by atoms with Crippen molar-refractivity contribution < 1.29 is 24.0 Å². The number of benzene rings is 2. The summed E-state index contributed by atoms with van der Waals surface area (Å²) in [7, 11) is 0. The normalized spacial score (nSPS) is 23.0. The summed E-state index contributed by atoms with van der Waals surface area (Å²) in [6.45, 7) is 0. The molecular formula is C22H18ClNO6. The number of hydrogen-bond acceptors (Lipinski definition) is 6. The lowest BCUT2D eigenvalue weighted by molar-refractivity contribution is -0.384. The Morgan fingerprint density at radius 2 is 1.93 bits per heavy atom. The molecule has 0 saturated heterocycles. The van der Waals surface area contributed by atoms with Gasteiger partial charge in [0.15, 0.2) is 5.78 Å². The topological polar surface area (TPSA) is 95.7 Å². The van der Waals surface area contributed by atoms with E-state index in [0.29, 0.717) is 29.9 Å². The number of fused-ring (bicyclic) bond motifs is 1. The Labute approximate surface area is 177 Å². The summed E-state index contributed by atoms with van der Waals surface area (Å²) in [5.41, 5.74) is 1.22. The summed E-state index contributed by atoms with van der Waals surface area (Å²) in [4.78, 5) is 35.7. The molecule has 0 radical (unpaired) electrons. The van der Waals surface area contributed by atoms with Crippen LogP contribution in [0.1, 0.15) is 35.2 Å². The molecule has 0 spiro atoms. The third-order valence-corrected chi connectivity index (χ3v) is 5.68. The van der Waals surface area contributed by atoms with Crippen molar-refractivity contribution in [1.82, 2.24) is 0 Å². The summed E-state index contributed by atoms with van der Waals surface area (Å²) < 4.78 is 11.4. The summed E-state index contributed by atoms with van der Waals surface area (Å²) in [6.07, 6.45) is 2.12. The summed E-state index contributed by atoms with van der Waals surface area (Å²) in [5, 5.41) is 11.5. The molecule has 1 aliphatic heterocycles. The Kier molecular flexibility index (Phi) is 5.55. The van der Waals surface area contributed by atoms with Crippen LogP contribution in [0.3, 0.4) is 0 Å². The maximum absolute atomic E-state index is 12.9. The van der Waals surface area contributed by atoms with Crippen LogP contribution >= 0.6 is 11.6 Å². The largest absolute Gasteiger partial charge is 0.496 e. The van der Waals surface area contributed by atoms with Crippen LogP contribution in [0, 0.1) is 16.0 Å². The van der Waals surface area contributed by atoms with Crippen molar-refractivity contribution in [3.8, 4) is 0 Å². The van der Waals surface area contributed by atoms with E-state index in [1.165, 1.54) is 30.5 Å². The van der Waals surface area contributed by atoms with E-state index >= 15 is 0 Å². The molecular weight excluding hydrogens is 410 g/mol. The molecule has 0 bridgehead atoms. The van der Waals surface area contributed by atoms with Crippen molar-refractivity contribution in [2.24, 2.45) is 5.92 Å². The van der Waals surface area contributed by atoms with Gasteiger partial charge in [0.2, 0.25) is 0 Å². The molecule has 3 atom stereocenters. The lowest BCUT2D eigenvalue weighted by atomic mass is 9.78. The monoisotopic (exact) mass is 427 g/mol. The predicted molar refractivity (Wildman–Crippen MR) is 109 cm³/mol. The van der Waals surface area contributed by atoms with Gasteiger partial charge in [0.25, 0.3) is 5.69 Å². The quantitative estimate of drug-likeness (QED) is 0.402. The van der Waals surface area contributed by atoms with Gasteiger partial charge in [-0.15, -0.1) is 0 Å². The Morgan fingerprint density at radius 3 is 2.67 bits per heavy atom. The second-order valence-corrected chi connectivity index (χ2v) is 7.77. The minimum Gasteiger partial charge on any atom is -0.496 e. The second-order valence-electron chi connectivity index (χ2n) is 7.33. The van der Waals surface area contributed by atoms with Crippen molar-refractivity contribution in [3.63, 3.8) is 0 Å². The van der Waals surface area contributed by atoms with Crippen LogP contribution < -0.4 is 0 Å². The number of ketones is 1. The van der Waals surface area contributed by atoms with E-state index in [-0.39, 0.29) is 29.1 Å². The zero-order chi connectivity index (χ0) is 21.3. The summed E-state index contributed by atoms with van der Waals surface area (Å²) in [5.74, 6) is -0.910. The highest BCUT2D eigenvalue weighted by Crippen LogP contribution is 2.37. The number of hydrogen-bond donors (Lipinski definition) is 0. The number of nitro benzene ring substituents is 1. The fourth-order valence-electron chi connectivity index (χ4n) is 3.87. The van der Waals surface area contributed by atoms with E-state index in [9.17, 15) is 19.7 Å². The van der Waals surface area contributed by atoms with Crippen molar-refractivity contribution in [3.05, 3.63) is 81.1 Å². The minimum absolute atomic E-state index is 0.0111. The highest BCUT2D eigenvalue weighted by Gasteiger charge is 2.41. The third kappa shape index (κ3) is 4.07. The molecule has 0 N–H and O–H groups in total. The molecule has 0 aromatic heterocycles. The average Bonchev–Trinajstić information content (AvgIpc) is 2.75. The van der Waals surface area contributed by atoms with Gasteiger partial charge < -0.3 is 9.47 Å². The number of carbonyl (C=O) groups excluding carboxylic acids is 2. The first-order chi connectivity index (χ1) is 14.4. The van der Waals surface area contributed by atoms with Crippen molar-refractivity contribution in [2.45, 2.75) is 31.5 Å². The predicted octanol–water partition coefficient (Wildman–Crippen LogP) is 4.58. The zero-order valence-electron chi connectivity index (χ0n) is 15.8. The first-order valence-corrected chi connectivity index (χ1v) is 9.91. The molecule has 8 heteroatoms. The summed E-state index contributed by atoms with van der Waals surface area (Å²) >= 11 is 5.91. The molecule has 0 amide bonds. The number of rotatable bonds is 4. The van der Waals surface area contributed by atoms with Crippen molar-refractivity contribution in [1.29, 1.82) is 0 Å². The zero-order valence-corrected chi connectivity index (χ0v) is 16.6. The average molecular weight is 428 g/mol. The number of halogens is 1. The highest BCUT2D eigenvalue weighted by molar-refractivity contribution is 6.30. The molecule has 30 heavy (non-hydrogen) atoms. The minimum atomic E-state index is -0.623. The SMILES string of the molecule is O=C(OC1CCC2C(=O)C(c3ccc(Cl)cc3)=COC2C1)c1cccc([N+](=O)[O-])c1. The molecule has 1 heterocycles. The molecule has 4 rings (SSSR count). The number of nitrogens with zero attached hydrogens (tertiary/aromatic N) is 1. The van der Waals surface area contributed by atoms with Crippen molar-refractivity contribution >= 4 is 34.6 Å². The number of Topliss-reactive ketones (excluding diaryl/α,β-unsaturated/α-hetero) is 1. The van der Waals surface area contributed by atoms with Gasteiger partial charge in [-0.1, -0.05) is 29.8 Å². The molecule has 1 fully saturated rings. The van der Waals surface area contributed by atoms with Crippen molar-refractivity contribution in [2.75, 3.05) is 0 Å². The van der Waals surface area contributed by atoms with Gasteiger partial charge in [0, 0.05) is 23.6 Å². The molecule has 1 saturated carbocycles. The molecule has 2 aromatic carbocycles. The number of nitro groups is 1. The number of allylic oxidation sites excluding steroid dienone is 1. The van der Waals surface area contributed by atoms with E-state index in [4.69, 9.17) is 21.1 Å². The highest BCUT2D eigenvalue weighted by atomic mass is 35.5. The summed E-state index contributed by atoms with van der Waals surface area (Å²) in [6, 6.07) is 12.4. The Morgan fingerprint density at radius 1 is 1.17 bits per heavy atom. The van der Waals surface area contributed by atoms with Crippen LogP contribution in [0.15, 0.2) is 54.8 Å². The smallest absolute Gasteiger partial charge is 0.338 e. The number of ether oxygens (including phenoxy) is 2. The van der Waals surface area contributed by atoms with Gasteiger partial charge in [0.1, 0.15) is 12.2 Å². The van der Waals surface area contributed by atoms with Crippen LogP contribution in [-0.2, 0) is 14.3 Å². The van der Waals surface area contributed by atoms with Gasteiger partial charge in [-0.2, -0.15) is 0 Å². The van der Waals surface area contributed by atoms with E-state index in [1.54, 1.807) is 24.3 Å². The fraction of sp³-hybridized carbons (Fsp3) is 0.273. The van der Waals surface area contributed by atoms with Gasteiger partial charge >= 0.3 is 5.97 Å². The molecule has 1 aliphatic carbocycles. The Balaban J connectivity index is 1.43. The van der Waals surface area contributed by atoms with E-state index in [0.717, 1.165) is 5.56 Å². The number of esters is 1. The van der Waals surface area contributed by atoms with Crippen LogP contribution in [0.2, 0.25) is 5.02 Å². The lowest BCUT2D eigenvalue weighted by Crippen LogP contribution is -2.42. The van der Waals surface area contributed by atoms with Gasteiger partial charge in [0.05, 0.1) is 28.2 Å². The Bertz CT molecular complexity index is 1030. The van der Waals surface area contributed by atoms with Gasteiger partial charge in [-0.3, -0.25) is 14.9 Å². The van der Waals surface area contributed by atoms with E-state index < -0.39 is 17.0 Å². The lowest BCUT2D eigenvalue weighted by Gasteiger charge is -2.37. The second kappa shape index (κ2) is 8.28. The van der Waals surface area contributed by atoms with Gasteiger partial charge in [-0.05, 0) is 36.6 Å². The van der Waals surface area contributed by atoms with Crippen LogP contribution in [0.25, 0.3) is 5.57 Å². The first-order valence-electron chi connectivity index (χ1n) is 9.53. The van der Waals surface area contributed by atoms with E-state index in [2.05, 4.69) is 0 Å². The number of carbonyl (C=O) groups is 2. The van der Waals surface area contributed by atoms with Crippen LogP contribution in [0.4, 0.5) is 5.69 Å². The maximum atomic E-state index is 12.9. The first kappa shape index (κ1) is 20.1. The van der Waals surface area contributed by atoms with E-state index in [1.807, 2.05) is 0 Å². The van der Waals surface area contributed by atoms with Crippen LogP contribution in [-0.4, -0.2) is 28.9 Å². The fourth-order valence-corrected chi connectivity index (χ4v) is 3.99. The maximum Gasteiger partial charge on any atom is 0.338 e. The molecule has 154 valence electrons. The Hall–Kier alpha value is -3.19.